The molecule has 9 heteroatoms. The van der Waals surface area contributed by atoms with E-state index in [1.54, 1.807) is 6.92 Å². The number of urea groups is 1. The van der Waals surface area contributed by atoms with Crippen molar-refractivity contribution in [1.82, 2.24) is 15.0 Å². The molecule has 1 aromatic heterocycles. The number of aliphatic hydroxyl groups excluding tert-OH is 1. The second-order valence-corrected chi connectivity index (χ2v) is 6.30. The van der Waals surface area contributed by atoms with Gasteiger partial charge in [-0.3, -0.25) is 0 Å². The van der Waals surface area contributed by atoms with Crippen molar-refractivity contribution >= 4 is 29.8 Å². The van der Waals surface area contributed by atoms with E-state index in [4.69, 9.17) is 18.9 Å². The first-order valence-corrected chi connectivity index (χ1v) is 8.19. The second kappa shape index (κ2) is 7.35. The zero-order valence-electron chi connectivity index (χ0n) is 16.1. The summed E-state index contributed by atoms with van der Waals surface area (Å²) in [4.78, 5) is 29.3. The van der Waals surface area contributed by atoms with Crippen LogP contribution in [0.3, 0.4) is 0 Å². The van der Waals surface area contributed by atoms with Crippen molar-refractivity contribution in [1.29, 1.82) is 0 Å². The Bertz CT molecular complexity index is 945. The molecule has 0 fully saturated rings. The van der Waals surface area contributed by atoms with Crippen molar-refractivity contribution < 1.29 is 26.5 Å². The molecule has 8 nitrogen and oxygen atoms in total. The van der Waals surface area contributed by atoms with Crippen LogP contribution in [-0.2, 0) is 17.7 Å². The molecule has 26 heavy (non-hydrogen) atoms. The Hall–Kier alpha value is -2.58. The number of hydrogen-bond acceptors (Lipinski definition) is 6. The van der Waals surface area contributed by atoms with E-state index in [0.29, 0.717) is 5.02 Å². The standard InChI is InChI=1S/C17H18ClN4O4/c1-10-8-21(2)17(25)22(16(10)24)9-15-19-14(20-26-15)7-13(23)11-3-5-12(18)6-4-11/h3-6,8,10,13,23H,7,9H2,1-2H3/q+1/t10?,13-/m0/s1/i7D2. The molecule has 0 spiro atoms. The summed E-state index contributed by atoms with van der Waals surface area (Å²) < 4.78 is 22.7. The number of hydrogen-bond donors (Lipinski definition) is 1. The van der Waals surface area contributed by atoms with Gasteiger partial charge in [-0.05, 0) is 24.6 Å². The first kappa shape index (κ1) is 15.7. The van der Waals surface area contributed by atoms with Crippen LogP contribution in [0.2, 0.25) is 5.02 Å². The Morgan fingerprint density at radius 1 is 1.42 bits per heavy atom. The van der Waals surface area contributed by atoms with Gasteiger partial charge < -0.3 is 9.63 Å². The smallest absolute Gasteiger partial charge is 0.388 e. The van der Waals surface area contributed by atoms with Crippen LogP contribution >= 0.6 is 11.6 Å². The highest BCUT2D eigenvalue weighted by Crippen LogP contribution is 2.20. The normalized spacial score (nSPS) is 20.5. The zero-order chi connectivity index (χ0) is 20.6. The minimum absolute atomic E-state index is 0.119. The van der Waals surface area contributed by atoms with Gasteiger partial charge in [0, 0.05) is 14.1 Å². The van der Waals surface area contributed by atoms with E-state index in [9.17, 15) is 14.7 Å². The van der Waals surface area contributed by atoms with Crippen molar-refractivity contribution in [3.05, 3.63) is 46.6 Å². The molecule has 1 aliphatic rings. The number of benzene rings is 1. The lowest BCUT2D eigenvalue weighted by atomic mass is 10.1. The summed E-state index contributed by atoms with van der Waals surface area (Å²) in [5, 5.41) is 14.4. The van der Waals surface area contributed by atoms with Gasteiger partial charge in [-0.25, -0.2) is 9.37 Å². The summed E-state index contributed by atoms with van der Waals surface area (Å²) in [6.45, 7) is 1.36. The van der Waals surface area contributed by atoms with Gasteiger partial charge in [-0.1, -0.05) is 28.9 Å². The van der Waals surface area contributed by atoms with Gasteiger partial charge in [0.25, 0.3) is 5.89 Å². The third-order valence-electron chi connectivity index (χ3n) is 3.85. The predicted molar refractivity (Wildman–Crippen MR) is 91.8 cm³/mol. The van der Waals surface area contributed by atoms with Gasteiger partial charge in [0.2, 0.25) is 0 Å². The molecule has 3 amide bonds. The van der Waals surface area contributed by atoms with E-state index in [-0.39, 0.29) is 18.0 Å². The van der Waals surface area contributed by atoms with E-state index >= 15 is 0 Å². The van der Waals surface area contributed by atoms with Crippen molar-refractivity contribution in [2.75, 3.05) is 7.05 Å². The lowest BCUT2D eigenvalue weighted by Gasteiger charge is -2.18. The molecule has 0 bridgehead atoms. The molecular weight excluding hydrogens is 360 g/mol. The predicted octanol–water partition coefficient (Wildman–Crippen LogP) is 1.81. The third kappa shape index (κ3) is 3.81. The van der Waals surface area contributed by atoms with E-state index < -0.39 is 36.2 Å². The molecule has 0 radical (unpaired) electrons. The molecule has 136 valence electrons. The van der Waals surface area contributed by atoms with Gasteiger partial charge in [0.15, 0.2) is 12.4 Å². The van der Waals surface area contributed by atoms with Crippen LogP contribution in [0.1, 0.15) is 33.0 Å². The van der Waals surface area contributed by atoms with Crippen LogP contribution in [0.15, 0.2) is 28.8 Å². The van der Waals surface area contributed by atoms with Gasteiger partial charge >= 0.3 is 11.9 Å². The number of rotatable bonds is 5. The number of amides is 3. The Labute approximate surface area is 157 Å². The zero-order valence-corrected chi connectivity index (χ0v) is 14.8. The topological polar surface area (TPSA) is 99.5 Å². The fraction of sp³-hybridized carbons (Fsp3) is 0.353. The molecule has 1 unspecified atom stereocenters. The average Bonchev–Trinajstić information content (AvgIpc) is 3.13. The second-order valence-electron chi connectivity index (χ2n) is 5.87. The summed E-state index contributed by atoms with van der Waals surface area (Å²) >= 11 is 5.81. The third-order valence-corrected chi connectivity index (χ3v) is 4.10. The Morgan fingerprint density at radius 3 is 2.81 bits per heavy atom. The van der Waals surface area contributed by atoms with Gasteiger partial charge in [-0.2, -0.15) is 14.7 Å². The fourth-order valence-electron chi connectivity index (χ4n) is 2.50. The number of carbonyl (C=O) groups is 2. The lowest BCUT2D eigenvalue weighted by molar-refractivity contribution is -0.402. The number of halogens is 1. The molecule has 0 saturated carbocycles. The number of imide groups is 1. The lowest BCUT2D eigenvalue weighted by Crippen LogP contribution is -2.48. The van der Waals surface area contributed by atoms with Crippen molar-refractivity contribution in [3.63, 3.8) is 0 Å². The van der Waals surface area contributed by atoms with Crippen LogP contribution < -0.4 is 0 Å². The molecule has 2 heterocycles. The van der Waals surface area contributed by atoms with Crippen molar-refractivity contribution in [2.45, 2.75) is 25.9 Å². The first-order chi connectivity index (χ1) is 13.1. The molecule has 0 aliphatic carbocycles. The molecular formula is C17H18ClN4O4+. The first-order valence-electron chi connectivity index (χ1n) is 8.81. The molecule has 2 atom stereocenters. The van der Waals surface area contributed by atoms with Gasteiger partial charge in [0.05, 0.1) is 19.4 Å². The summed E-state index contributed by atoms with van der Waals surface area (Å²) in [6.07, 6.45) is -2.44. The average molecular weight is 380 g/mol. The summed E-state index contributed by atoms with van der Waals surface area (Å²) in [7, 11) is 1.53. The van der Waals surface area contributed by atoms with Crippen LogP contribution in [0.25, 0.3) is 0 Å². The number of nitrogens with zero attached hydrogens (tertiary/aromatic N) is 4. The monoisotopic (exact) mass is 379 g/mol. The number of aromatic nitrogens is 2. The van der Waals surface area contributed by atoms with Crippen LogP contribution in [0, 0.1) is 5.92 Å². The molecule has 3 rings (SSSR count). The maximum Gasteiger partial charge on any atom is 0.500 e. The quantitative estimate of drug-likeness (QED) is 0.795. The Morgan fingerprint density at radius 2 is 2.12 bits per heavy atom. The highest BCUT2D eigenvalue weighted by atomic mass is 35.5. The van der Waals surface area contributed by atoms with Crippen LogP contribution in [0.4, 0.5) is 4.79 Å². The summed E-state index contributed by atoms with van der Waals surface area (Å²) in [6, 6.07) is 5.49. The van der Waals surface area contributed by atoms with Gasteiger partial charge in [-0.15, -0.1) is 0 Å². The highest BCUT2D eigenvalue weighted by Gasteiger charge is 2.40. The van der Waals surface area contributed by atoms with Crippen LogP contribution in [-0.4, -0.2) is 49.9 Å². The highest BCUT2D eigenvalue weighted by molar-refractivity contribution is 6.30. The van der Waals surface area contributed by atoms with Crippen LogP contribution in [0.5, 0.6) is 0 Å². The molecule has 1 aromatic carbocycles. The number of aliphatic hydroxyl groups is 1. The number of carbonyl (C=O) groups excluding carboxylic acids is 2. The Balaban J connectivity index is 1.81. The molecule has 1 N–H and O–H groups in total. The molecule has 2 aromatic rings. The maximum absolute atomic E-state index is 12.2. The molecule has 0 saturated heterocycles. The van der Waals surface area contributed by atoms with Crippen molar-refractivity contribution in [2.24, 2.45) is 5.92 Å². The van der Waals surface area contributed by atoms with Gasteiger partial charge in [0.1, 0.15) is 5.92 Å². The maximum atomic E-state index is 12.2. The van der Waals surface area contributed by atoms with E-state index in [2.05, 4.69) is 10.1 Å². The minimum Gasteiger partial charge on any atom is -0.388 e. The summed E-state index contributed by atoms with van der Waals surface area (Å²) in [5.74, 6) is -1.43. The minimum atomic E-state index is -2.37. The SMILES string of the molecule is [2H]C([2H])(c1noc(CN2C(=O)C(C)C=[N+](C)C2=O)n1)[C@H](O)c1ccc(Cl)cc1. The van der Waals surface area contributed by atoms with E-state index in [0.717, 1.165) is 4.90 Å². The fourth-order valence-corrected chi connectivity index (χ4v) is 2.63. The Kier molecular flexibility index (Phi) is 4.42. The van der Waals surface area contributed by atoms with E-state index in [1.165, 1.54) is 42.1 Å². The molecule has 1 aliphatic heterocycles. The summed E-state index contributed by atoms with van der Waals surface area (Å²) in [5.41, 5.74) is 0.285. The van der Waals surface area contributed by atoms with Crippen molar-refractivity contribution in [3.8, 4) is 0 Å². The van der Waals surface area contributed by atoms with E-state index in [1.807, 2.05) is 0 Å². The largest absolute Gasteiger partial charge is 0.500 e.